The second kappa shape index (κ2) is 5.26. The maximum atomic E-state index is 12.3. The van der Waals surface area contributed by atoms with Crippen molar-refractivity contribution in [3.8, 4) is 5.75 Å². The zero-order chi connectivity index (χ0) is 15.0. The van der Waals surface area contributed by atoms with Gasteiger partial charge in [0.15, 0.2) is 12.4 Å². The molecule has 1 aromatic carbocycles. The number of ketones is 1. The minimum Gasteiger partial charge on any atom is -0.482 e. The Kier molecular flexibility index (Phi) is 3.43. The lowest BCUT2D eigenvalue weighted by Crippen LogP contribution is -2.42. The minimum absolute atomic E-state index is 0.0343. The van der Waals surface area contributed by atoms with Gasteiger partial charge in [-0.2, -0.15) is 0 Å². The van der Waals surface area contributed by atoms with Gasteiger partial charge in [0.2, 0.25) is 0 Å². The molecular weight excluding hydrogens is 292 g/mol. The van der Waals surface area contributed by atoms with Gasteiger partial charge in [0, 0.05) is 18.3 Å². The lowest BCUT2D eigenvalue weighted by Gasteiger charge is -2.29. The van der Waals surface area contributed by atoms with Crippen LogP contribution < -0.4 is 9.64 Å². The molecule has 0 bridgehead atoms. The average Bonchev–Trinajstić information content (AvgIpc) is 2.88. The summed E-state index contributed by atoms with van der Waals surface area (Å²) in [6.45, 7) is -0.109. The van der Waals surface area contributed by atoms with Crippen LogP contribution in [0.25, 0.3) is 0 Å². The number of aryl methyl sites for hydroxylation is 1. The number of nitrogens with zero attached hydrogens (tertiary/aromatic N) is 2. The van der Waals surface area contributed by atoms with Crippen LogP contribution >= 0.6 is 11.6 Å². The molecule has 0 aliphatic carbocycles. The number of halogens is 1. The van der Waals surface area contributed by atoms with E-state index in [1.165, 1.54) is 4.90 Å². The van der Waals surface area contributed by atoms with Gasteiger partial charge in [0.05, 0.1) is 17.9 Å². The number of amides is 1. The summed E-state index contributed by atoms with van der Waals surface area (Å²) in [5.74, 6) is 0.162. The molecule has 0 unspecified atom stereocenters. The number of anilines is 1. The summed E-state index contributed by atoms with van der Waals surface area (Å²) in [5, 5.41) is 0.489. The van der Waals surface area contributed by atoms with Crippen molar-refractivity contribution >= 4 is 29.0 Å². The van der Waals surface area contributed by atoms with Gasteiger partial charge in [-0.3, -0.25) is 14.5 Å². The van der Waals surface area contributed by atoms with Crippen LogP contribution in [0.1, 0.15) is 10.5 Å². The summed E-state index contributed by atoms with van der Waals surface area (Å²) in [5.41, 5.74) is 1.08. The Morgan fingerprint density at radius 1 is 1.38 bits per heavy atom. The van der Waals surface area contributed by atoms with E-state index in [4.69, 9.17) is 16.3 Å². The lowest BCUT2D eigenvalue weighted by atomic mass is 10.2. The minimum atomic E-state index is -0.257. The van der Waals surface area contributed by atoms with E-state index in [1.807, 2.05) is 0 Å². The number of hydrogen-bond acceptors (Lipinski definition) is 3. The molecule has 2 aromatic rings. The highest BCUT2D eigenvalue weighted by molar-refractivity contribution is 6.31. The van der Waals surface area contributed by atoms with Crippen molar-refractivity contribution in [2.24, 2.45) is 7.05 Å². The van der Waals surface area contributed by atoms with E-state index >= 15 is 0 Å². The van der Waals surface area contributed by atoms with Crippen LogP contribution in [0.15, 0.2) is 36.5 Å². The summed E-state index contributed by atoms with van der Waals surface area (Å²) in [6.07, 6.45) is 1.79. The van der Waals surface area contributed by atoms with Crippen molar-refractivity contribution in [2.45, 2.75) is 0 Å². The molecule has 21 heavy (non-hydrogen) atoms. The van der Waals surface area contributed by atoms with E-state index < -0.39 is 0 Å². The van der Waals surface area contributed by atoms with Crippen molar-refractivity contribution in [1.29, 1.82) is 0 Å². The van der Waals surface area contributed by atoms with Crippen LogP contribution in [0, 0.1) is 0 Å². The number of fused-ring (bicyclic) bond motifs is 1. The van der Waals surface area contributed by atoms with Crippen molar-refractivity contribution < 1.29 is 14.3 Å². The topological polar surface area (TPSA) is 51.5 Å². The number of ether oxygens (including phenoxy) is 1. The van der Waals surface area contributed by atoms with Crippen LogP contribution in [-0.4, -0.2) is 29.4 Å². The molecule has 0 radical (unpaired) electrons. The Bertz CT molecular complexity index is 723. The normalized spacial score (nSPS) is 13.8. The van der Waals surface area contributed by atoms with Crippen molar-refractivity contribution in [2.75, 3.05) is 18.1 Å². The monoisotopic (exact) mass is 304 g/mol. The molecule has 1 amide bonds. The fourth-order valence-corrected chi connectivity index (χ4v) is 2.49. The van der Waals surface area contributed by atoms with E-state index in [2.05, 4.69) is 0 Å². The number of aromatic nitrogens is 1. The zero-order valence-electron chi connectivity index (χ0n) is 11.4. The highest BCUT2D eigenvalue weighted by Crippen LogP contribution is 2.34. The Morgan fingerprint density at radius 3 is 2.90 bits per heavy atom. The second-order valence-electron chi connectivity index (χ2n) is 4.81. The van der Waals surface area contributed by atoms with Crippen LogP contribution in [0.4, 0.5) is 5.69 Å². The Balaban J connectivity index is 1.92. The molecule has 0 atom stereocenters. The van der Waals surface area contributed by atoms with Gasteiger partial charge in [-0.05, 0) is 30.3 Å². The molecule has 0 spiro atoms. The molecule has 2 heterocycles. The number of carbonyl (C=O) groups excluding carboxylic acids is 2. The summed E-state index contributed by atoms with van der Waals surface area (Å²) in [7, 11) is 1.79. The standard InChI is InChI=1S/C15H13ClN2O3/c1-17-6-2-3-11(17)13(19)8-18-12-7-10(16)4-5-14(12)21-9-15(18)20/h2-7H,8-9H2,1H3. The Hall–Kier alpha value is -2.27. The van der Waals surface area contributed by atoms with Crippen LogP contribution in [0.3, 0.4) is 0 Å². The van der Waals surface area contributed by atoms with Crippen molar-refractivity contribution in [3.63, 3.8) is 0 Å². The third-order valence-electron chi connectivity index (χ3n) is 3.40. The largest absolute Gasteiger partial charge is 0.482 e. The van der Waals surface area contributed by atoms with Gasteiger partial charge in [0.25, 0.3) is 5.91 Å². The predicted octanol–water partition coefficient (Wildman–Crippen LogP) is 2.29. The van der Waals surface area contributed by atoms with Gasteiger partial charge in [-0.25, -0.2) is 0 Å². The number of hydrogen-bond donors (Lipinski definition) is 0. The lowest BCUT2D eigenvalue weighted by molar-refractivity contribution is -0.121. The first-order chi connectivity index (χ1) is 10.1. The van der Waals surface area contributed by atoms with Gasteiger partial charge in [0.1, 0.15) is 5.75 Å². The molecule has 0 saturated carbocycles. The SMILES string of the molecule is Cn1cccc1C(=O)CN1C(=O)COc2ccc(Cl)cc21. The fourth-order valence-electron chi connectivity index (χ4n) is 2.32. The maximum Gasteiger partial charge on any atom is 0.265 e. The molecule has 0 saturated heterocycles. The summed E-state index contributed by atoms with van der Waals surface area (Å²) in [6, 6.07) is 8.54. The highest BCUT2D eigenvalue weighted by atomic mass is 35.5. The highest BCUT2D eigenvalue weighted by Gasteiger charge is 2.28. The average molecular weight is 305 g/mol. The van der Waals surface area contributed by atoms with Crippen LogP contribution in [0.2, 0.25) is 5.02 Å². The number of rotatable bonds is 3. The number of Topliss-reactive ketones (excluding diaryl/α,β-unsaturated/α-hetero) is 1. The maximum absolute atomic E-state index is 12.3. The molecule has 1 aliphatic rings. The molecule has 108 valence electrons. The fraction of sp³-hybridized carbons (Fsp3) is 0.200. The second-order valence-corrected chi connectivity index (χ2v) is 5.24. The molecule has 0 N–H and O–H groups in total. The number of benzene rings is 1. The van der Waals surface area contributed by atoms with Gasteiger partial charge in [-0.15, -0.1) is 0 Å². The number of carbonyl (C=O) groups is 2. The molecule has 3 rings (SSSR count). The van der Waals surface area contributed by atoms with Crippen LogP contribution in [-0.2, 0) is 11.8 Å². The first-order valence-corrected chi connectivity index (χ1v) is 6.81. The summed E-state index contributed by atoms with van der Waals surface area (Å²) in [4.78, 5) is 25.8. The third kappa shape index (κ3) is 2.52. The quantitative estimate of drug-likeness (QED) is 0.818. The van der Waals surface area contributed by atoms with E-state index in [0.717, 1.165) is 0 Å². The smallest absolute Gasteiger partial charge is 0.265 e. The molecule has 0 fully saturated rings. The molecule has 1 aromatic heterocycles. The van der Waals surface area contributed by atoms with Gasteiger partial charge < -0.3 is 9.30 Å². The first kappa shape index (κ1) is 13.7. The zero-order valence-corrected chi connectivity index (χ0v) is 12.1. The molecule has 1 aliphatic heterocycles. The summed E-state index contributed by atoms with van der Waals surface area (Å²) < 4.78 is 7.08. The molecular formula is C15H13ClN2O3. The van der Waals surface area contributed by atoms with Crippen LogP contribution in [0.5, 0.6) is 5.75 Å². The molecule has 6 heteroatoms. The van der Waals surface area contributed by atoms with E-state index in [9.17, 15) is 9.59 Å². The van der Waals surface area contributed by atoms with E-state index in [-0.39, 0.29) is 24.8 Å². The van der Waals surface area contributed by atoms with Gasteiger partial charge >= 0.3 is 0 Å². The first-order valence-electron chi connectivity index (χ1n) is 6.43. The third-order valence-corrected chi connectivity index (χ3v) is 3.63. The Morgan fingerprint density at radius 2 is 2.19 bits per heavy atom. The summed E-state index contributed by atoms with van der Waals surface area (Å²) >= 11 is 5.97. The van der Waals surface area contributed by atoms with Crippen molar-refractivity contribution in [3.05, 3.63) is 47.2 Å². The van der Waals surface area contributed by atoms with E-state index in [1.54, 1.807) is 48.1 Å². The van der Waals surface area contributed by atoms with Crippen molar-refractivity contribution in [1.82, 2.24) is 4.57 Å². The molecule has 5 nitrogen and oxygen atoms in total. The van der Waals surface area contributed by atoms with E-state index in [0.29, 0.717) is 22.2 Å². The Labute approximate surface area is 126 Å². The predicted molar refractivity (Wildman–Crippen MR) is 79.0 cm³/mol. The van der Waals surface area contributed by atoms with Gasteiger partial charge in [-0.1, -0.05) is 11.6 Å².